The van der Waals surface area contributed by atoms with Gasteiger partial charge < -0.3 is 30.4 Å². The first-order valence-corrected chi connectivity index (χ1v) is 8.28. The number of nitrogens with zero attached hydrogens (tertiary/aromatic N) is 3. The van der Waals surface area contributed by atoms with Gasteiger partial charge in [-0.05, 0) is 5.56 Å². The summed E-state index contributed by atoms with van der Waals surface area (Å²) in [6, 6.07) is 9.87. The maximum atomic E-state index is 10.1. The number of fused-ring (bicyclic) bond motifs is 1. The van der Waals surface area contributed by atoms with Crippen LogP contribution < -0.4 is 5.32 Å². The number of H-pyrrole nitrogens is 1. The van der Waals surface area contributed by atoms with Crippen molar-refractivity contribution in [1.82, 2.24) is 19.9 Å². The average Bonchev–Trinajstić information content (AvgIpc) is 3.21. The van der Waals surface area contributed by atoms with E-state index < -0.39 is 24.4 Å². The van der Waals surface area contributed by atoms with E-state index in [4.69, 9.17) is 4.74 Å². The summed E-state index contributed by atoms with van der Waals surface area (Å²) in [4.78, 5) is 15.9. The number of rotatable bonds is 5. The number of aromatic nitrogens is 4. The largest absolute Gasteiger partial charge is 0.394 e. The van der Waals surface area contributed by atoms with Gasteiger partial charge in [-0.1, -0.05) is 30.3 Å². The Bertz CT molecular complexity index is 887. The van der Waals surface area contributed by atoms with E-state index in [-0.39, 0.29) is 6.61 Å². The molecule has 0 radical (unpaired) electrons. The summed E-state index contributed by atoms with van der Waals surface area (Å²) in [5, 5.41) is 32.3. The Hall–Kier alpha value is -2.59. The normalized spacial score (nSPS) is 25.7. The van der Waals surface area contributed by atoms with Gasteiger partial charge in [0.1, 0.15) is 35.8 Å². The van der Waals surface area contributed by atoms with E-state index in [0.29, 0.717) is 29.5 Å². The molecule has 9 nitrogen and oxygen atoms in total. The van der Waals surface area contributed by atoms with Gasteiger partial charge in [0.25, 0.3) is 0 Å². The summed E-state index contributed by atoms with van der Waals surface area (Å²) in [6.45, 7) is 0.195. The Morgan fingerprint density at radius 2 is 1.92 bits per heavy atom. The van der Waals surface area contributed by atoms with Crippen molar-refractivity contribution in [2.24, 2.45) is 0 Å². The van der Waals surface area contributed by atoms with Gasteiger partial charge in [-0.15, -0.1) is 0 Å². The zero-order valence-corrected chi connectivity index (χ0v) is 13.8. The third-order valence-corrected chi connectivity index (χ3v) is 4.36. The van der Waals surface area contributed by atoms with Crippen LogP contribution in [0.1, 0.15) is 17.5 Å². The van der Waals surface area contributed by atoms with Crippen LogP contribution in [-0.4, -0.2) is 60.2 Å². The molecule has 26 heavy (non-hydrogen) atoms. The standard InChI is InChI=1S/C17H19N5O4/c23-8-11-12(24)13(25)14(26-11)16-20-10-7-19-17(22-15(10)21-16)18-6-9-4-2-1-3-5-9/h1-5,7,11-14,23-25H,6,8H2,(H2,18,19,20,21,22)/t11-,12-,13-,14?/m1/s1. The van der Waals surface area contributed by atoms with Crippen LogP contribution in [0.25, 0.3) is 11.2 Å². The van der Waals surface area contributed by atoms with Crippen molar-refractivity contribution in [3.05, 3.63) is 47.9 Å². The van der Waals surface area contributed by atoms with Crippen LogP contribution >= 0.6 is 0 Å². The highest BCUT2D eigenvalue weighted by Gasteiger charge is 2.44. The first kappa shape index (κ1) is 16.9. The summed E-state index contributed by atoms with van der Waals surface area (Å²) in [6.07, 6.45) is -2.48. The molecule has 0 saturated carbocycles. The molecule has 3 aromatic rings. The summed E-state index contributed by atoms with van der Waals surface area (Å²) >= 11 is 0. The van der Waals surface area contributed by atoms with Crippen LogP contribution in [0.5, 0.6) is 0 Å². The Labute approximate surface area is 148 Å². The topological polar surface area (TPSA) is 136 Å². The van der Waals surface area contributed by atoms with Crippen LogP contribution in [-0.2, 0) is 11.3 Å². The maximum absolute atomic E-state index is 10.1. The number of nitrogens with one attached hydrogen (secondary N) is 2. The molecular formula is C17H19N5O4. The second kappa shape index (κ2) is 6.96. The molecule has 3 heterocycles. The van der Waals surface area contributed by atoms with Crippen molar-refractivity contribution in [3.63, 3.8) is 0 Å². The van der Waals surface area contributed by atoms with Gasteiger partial charge in [-0.3, -0.25) is 0 Å². The molecule has 0 spiro atoms. The minimum absolute atomic E-state index is 0.331. The first-order chi connectivity index (χ1) is 12.7. The van der Waals surface area contributed by atoms with Gasteiger partial charge in [-0.2, -0.15) is 4.98 Å². The molecule has 1 aliphatic rings. The van der Waals surface area contributed by atoms with E-state index in [2.05, 4.69) is 25.3 Å². The van der Waals surface area contributed by atoms with E-state index >= 15 is 0 Å². The summed E-state index contributed by atoms with van der Waals surface area (Å²) in [7, 11) is 0. The monoisotopic (exact) mass is 357 g/mol. The van der Waals surface area contributed by atoms with E-state index in [1.165, 1.54) is 0 Å². The van der Waals surface area contributed by atoms with Gasteiger partial charge in [0.05, 0.1) is 12.8 Å². The fourth-order valence-electron chi connectivity index (χ4n) is 2.95. The number of imidazole rings is 1. The van der Waals surface area contributed by atoms with E-state index in [9.17, 15) is 15.3 Å². The zero-order valence-electron chi connectivity index (χ0n) is 13.8. The van der Waals surface area contributed by atoms with Crippen molar-refractivity contribution < 1.29 is 20.1 Å². The molecule has 9 heteroatoms. The summed E-state index contributed by atoms with van der Waals surface area (Å²) < 4.78 is 5.48. The molecule has 1 fully saturated rings. The first-order valence-electron chi connectivity index (χ1n) is 8.28. The SMILES string of the molecule is OC[C@H]1OC(c2nc3nc(NCc4ccccc4)ncc3[nH]2)[C@H](O)[C@@H]1O. The van der Waals surface area contributed by atoms with Crippen molar-refractivity contribution in [3.8, 4) is 0 Å². The van der Waals surface area contributed by atoms with Crippen LogP contribution in [0, 0.1) is 0 Å². The molecule has 136 valence electrons. The highest BCUT2D eigenvalue weighted by molar-refractivity contribution is 5.70. The summed E-state index contributed by atoms with van der Waals surface area (Å²) in [5.74, 6) is 0.762. The van der Waals surface area contributed by atoms with Crippen LogP contribution in [0.3, 0.4) is 0 Å². The Kier molecular flexibility index (Phi) is 4.51. The molecule has 1 unspecified atom stereocenters. The van der Waals surface area contributed by atoms with Crippen LogP contribution in [0.4, 0.5) is 5.95 Å². The molecule has 4 rings (SSSR count). The lowest BCUT2D eigenvalue weighted by Crippen LogP contribution is -2.32. The number of aliphatic hydroxyl groups is 3. The lowest BCUT2D eigenvalue weighted by Gasteiger charge is -2.11. The number of benzene rings is 1. The van der Waals surface area contributed by atoms with Gasteiger partial charge in [0.2, 0.25) is 5.95 Å². The smallest absolute Gasteiger partial charge is 0.225 e. The molecule has 1 aromatic carbocycles. The quantitative estimate of drug-likeness (QED) is 0.434. The van der Waals surface area contributed by atoms with E-state index in [1.807, 2.05) is 30.3 Å². The van der Waals surface area contributed by atoms with E-state index in [0.717, 1.165) is 5.56 Å². The van der Waals surface area contributed by atoms with Crippen molar-refractivity contribution >= 4 is 17.1 Å². The van der Waals surface area contributed by atoms with E-state index in [1.54, 1.807) is 6.20 Å². The molecule has 1 aliphatic heterocycles. The fraction of sp³-hybridized carbons (Fsp3) is 0.353. The minimum Gasteiger partial charge on any atom is -0.394 e. The highest BCUT2D eigenvalue weighted by atomic mass is 16.6. The van der Waals surface area contributed by atoms with Crippen LogP contribution in [0.2, 0.25) is 0 Å². The maximum Gasteiger partial charge on any atom is 0.225 e. The molecule has 0 aliphatic carbocycles. The van der Waals surface area contributed by atoms with Gasteiger partial charge in [-0.25, -0.2) is 9.97 Å². The molecular weight excluding hydrogens is 338 g/mol. The Morgan fingerprint density at radius 1 is 1.12 bits per heavy atom. The van der Waals surface area contributed by atoms with Gasteiger partial charge in [0, 0.05) is 6.54 Å². The molecule has 0 bridgehead atoms. The minimum atomic E-state index is -1.18. The second-order valence-electron chi connectivity index (χ2n) is 6.15. The second-order valence-corrected chi connectivity index (χ2v) is 6.15. The van der Waals surface area contributed by atoms with Crippen LogP contribution in [0.15, 0.2) is 36.5 Å². The third-order valence-electron chi connectivity index (χ3n) is 4.36. The third kappa shape index (κ3) is 3.13. The Morgan fingerprint density at radius 3 is 2.65 bits per heavy atom. The molecule has 4 atom stereocenters. The van der Waals surface area contributed by atoms with Gasteiger partial charge >= 0.3 is 0 Å². The average molecular weight is 357 g/mol. The van der Waals surface area contributed by atoms with Crippen molar-refractivity contribution in [2.45, 2.75) is 31.0 Å². The van der Waals surface area contributed by atoms with Crippen molar-refractivity contribution in [1.29, 1.82) is 0 Å². The zero-order chi connectivity index (χ0) is 18.1. The lowest BCUT2D eigenvalue weighted by molar-refractivity contribution is -0.0249. The summed E-state index contributed by atoms with van der Waals surface area (Å²) in [5.41, 5.74) is 2.11. The number of hydrogen-bond donors (Lipinski definition) is 5. The highest BCUT2D eigenvalue weighted by Crippen LogP contribution is 2.32. The Balaban J connectivity index is 1.53. The number of anilines is 1. The molecule has 1 saturated heterocycles. The van der Waals surface area contributed by atoms with Crippen molar-refractivity contribution in [2.75, 3.05) is 11.9 Å². The lowest BCUT2D eigenvalue weighted by atomic mass is 10.1. The molecule has 5 N–H and O–H groups in total. The predicted molar refractivity (Wildman–Crippen MR) is 92.2 cm³/mol. The predicted octanol–water partition coefficient (Wildman–Crippen LogP) is 0.119. The fourth-order valence-corrected chi connectivity index (χ4v) is 2.95. The number of ether oxygens (including phenoxy) is 1. The molecule has 0 amide bonds. The molecule has 2 aromatic heterocycles. The number of aliphatic hydroxyl groups excluding tert-OH is 3. The number of hydrogen-bond acceptors (Lipinski definition) is 8. The number of aromatic amines is 1. The van der Waals surface area contributed by atoms with Gasteiger partial charge in [0.15, 0.2) is 5.65 Å².